The van der Waals surface area contributed by atoms with Crippen LogP contribution in [0.1, 0.15) is 22.4 Å². The fourth-order valence-electron chi connectivity index (χ4n) is 2.85. The molecular formula is C16H23N5O2S. The van der Waals surface area contributed by atoms with Crippen LogP contribution in [0.5, 0.6) is 0 Å². The molecule has 0 spiro atoms. The van der Waals surface area contributed by atoms with E-state index >= 15 is 0 Å². The van der Waals surface area contributed by atoms with Crippen LogP contribution in [-0.2, 0) is 22.7 Å². The molecule has 1 aliphatic rings. The summed E-state index contributed by atoms with van der Waals surface area (Å²) in [5.74, 6) is 0.132. The zero-order valence-corrected chi connectivity index (χ0v) is 15.1. The van der Waals surface area contributed by atoms with E-state index in [2.05, 4.69) is 14.5 Å². The predicted molar refractivity (Wildman–Crippen MR) is 91.7 cm³/mol. The third kappa shape index (κ3) is 4.00. The van der Waals surface area contributed by atoms with Gasteiger partial charge in [0.15, 0.2) is 0 Å². The average Bonchev–Trinajstić information content (AvgIpc) is 3.15. The summed E-state index contributed by atoms with van der Waals surface area (Å²) in [4.78, 5) is 24.8. The Morgan fingerprint density at radius 1 is 1.50 bits per heavy atom. The van der Waals surface area contributed by atoms with Crippen LogP contribution in [0.4, 0.5) is 0 Å². The summed E-state index contributed by atoms with van der Waals surface area (Å²) in [5.41, 5.74) is 2.01. The Morgan fingerprint density at radius 3 is 3.04 bits per heavy atom. The summed E-state index contributed by atoms with van der Waals surface area (Å²) in [6.07, 6.45) is 3.65. The number of aromatic nitrogens is 3. The lowest BCUT2D eigenvalue weighted by atomic mass is 10.2. The summed E-state index contributed by atoms with van der Waals surface area (Å²) in [6, 6.07) is 0.0853. The van der Waals surface area contributed by atoms with Crippen LogP contribution in [0.25, 0.3) is 0 Å². The second kappa shape index (κ2) is 7.42. The first kappa shape index (κ1) is 17.1. The normalized spacial score (nSPS) is 17.3. The fourth-order valence-corrected chi connectivity index (χ4v) is 3.45. The Morgan fingerprint density at radius 2 is 2.33 bits per heavy atom. The van der Waals surface area contributed by atoms with E-state index in [0.29, 0.717) is 32.8 Å². The van der Waals surface area contributed by atoms with Gasteiger partial charge in [-0.3, -0.25) is 4.79 Å². The van der Waals surface area contributed by atoms with Crippen molar-refractivity contribution in [2.75, 3.05) is 33.8 Å². The molecule has 8 heteroatoms. The van der Waals surface area contributed by atoms with Gasteiger partial charge in [0, 0.05) is 18.1 Å². The summed E-state index contributed by atoms with van der Waals surface area (Å²) in [7, 11) is 3.81. The number of imidazole rings is 1. The smallest absolute Gasteiger partial charge is 0.237 e. The van der Waals surface area contributed by atoms with Crippen LogP contribution in [0.3, 0.4) is 0 Å². The Bertz CT molecular complexity index is 696. The SMILES string of the molecule is Cc1nc(COCC2CN(C(=O)CN(C)C)Cc3cncn32)cs1. The van der Waals surface area contributed by atoms with Crippen LogP contribution < -0.4 is 0 Å². The molecule has 1 amide bonds. The number of carbonyl (C=O) groups is 1. The Labute approximate surface area is 145 Å². The van der Waals surface area contributed by atoms with Gasteiger partial charge in [-0.1, -0.05) is 0 Å². The number of carbonyl (C=O) groups excluding carboxylic acids is 1. The maximum absolute atomic E-state index is 12.4. The summed E-state index contributed by atoms with van der Waals surface area (Å²) >= 11 is 1.63. The number of fused-ring (bicyclic) bond motifs is 1. The van der Waals surface area contributed by atoms with E-state index in [9.17, 15) is 4.79 Å². The van der Waals surface area contributed by atoms with Crippen LogP contribution in [-0.4, -0.2) is 64.0 Å². The summed E-state index contributed by atoms with van der Waals surface area (Å²) in [5, 5.41) is 3.06. The number of amides is 1. The van der Waals surface area contributed by atoms with Gasteiger partial charge in [-0.25, -0.2) is 9.97 Å². The van der Waals surface area contributed by atoms with Gasteiger partial charge in [-0.05, 0) is 21.0 Å². The first-order valence-electron chi connectivity index (χ1n) is 7.95. The summed E-state index contributed by atoms with van der Waals surface area (Å²) in [6.45, 7) is 4.68. The lowest BCUT2D eigenvalue weighted by Gasteiger charge is -2.35. The van der Waals surface area contributed by atoms with Gasteiger partial charge in [0.05, 0.1) is 55.1 Å². The topological polar surface area (TPSA) is 63.5 Å². The third-order valence-corrected chi connectivity index (χ3v) is 4.78. The van der Waals surface area contributed by atoms with Crippen LogP contribution >= 0.6 is 11.3 Å². The molecule has 3 rings (SSSR count). The molecule has 130 valence electrons. The van der Waals surface area contributed by atoms with Crippen molar-refractivity contribution in [3.05, 3.63) is 34.3 Å². The molecule has 0 aromatic carbocycles. The van der Waals surface area contributed by atoms with E-state index in [1.165, 1.54) is 0 Å². The maximum Gasteiger partial charge on any atom is 0.237 e. The first-order chi connectivity index (χ1) is 11.5. The van der Waals surface area contributed by atoms with Crippen LogP contribution in [0, 0.1) is 6.92 Å². The van der Waals surface area contributed by atoms with Crippen molar-refractivity contribution < 1.29 is 9.53 Å². The fraction of sp³-hybridized carbons (Fsp3) is 0.562. The largest absolute Gasteiger partial charge is 0.373 e. The molecule has 24 heavy (non-hydrogen) atoms. The highest BCUT2D eigenvalue weighted by Crippen LogP contribution is 2.22. The minimum absolute atomic E-state index is 0.0853. The molecule has 1 aliphatic heterocycles. The number of likely N-dealkylation sites (N-methyl/N-ethyl adjacent to an activating group) is 1. The molecule has 2 aromatic rings. The molecule has 0 aliphatic carbocycles. The minimum atomic E-state index is 0.0853. The van der Waals surface area contributed by atoms with Crippen molar-refractivity contribution in [1.29, 1.82) is 0 Å². The molecule has 0 saturated heterocycles. The van der Waals surface area contributed by atoms with E-state index in [1.807, 2.05) is 48.7 Å². The monoisotopic (exact) mass is 349 g/mol. The molecule has 0 N–H and O–H groups in total. The molecule has 0 saturated carbocycles. The van der Waals surface area contributed by atoms with Crippen LogP contribution in [0.15, 0.2) is 17.9 Å². The van der Waals surface area contributed by atoms with Gasteiger partial charge >= 0.3 is 0 Å². The van der Waals surface area contributed by atoms with Crippen molar-refractivity contribution in [2.45, 2.75) is 26.1 Å². The molecule has 2 aromatic heterocycles. The van der Waals surface area contributed by atoms with Crippen molar-refractivity contribution in [2.24, 2.45) is 0 Å². The molecule has 0 fully saturated rings. The number of aryl methyl sites for hydroxylation is 1. The van der Waals surface area contributed by atoms with Gasteiger partial charge in [-0.15, -0.1) is 11.3 Å². The highest BCUT2D eigenvalue weighted by molar-refractivity contribution is 7.09. The quantitative estimate of drug-likeness (QED) is 0.787. The van der Waals surface area contributed by atoms with Crippen molar-refractivity contribution >= 4 is 17.2 Å². The molecule has 0 radical (unpaired) electrons. The molecule has 1 atom stereocenters. The van der Waals surface area contributed by atoms with Gasteiger partial charge < -0.3 is 19.1 Å². The first-order valence-corrected chi connectivity index (χ1v) is 8.83. The Balaban J connectivity index is 1.62. The number of ether oxygens (including phenoxy) is 1. The molecular weight excluding hydrogens is 326 g/mol. The molecule has 7 nitrogen and oxygen atoms in total. The average molecular weight is 349 g/mol. The van der Waals surface area contributed by atoms with Gasteiger partial charge in [-0.2, -0.15) is 0 Å². The van der Waals surface area contributed by atoms with E-state index in [0.717, 1.165) is 16.4 Å². The number of hydrogen-bond donors (Lipinski definition) is 0. The molecule has 1 unspecified atom stereocenters. The number of nitrogens with zero attached hydrogens (tertiary/aromatic N) is 5. The number of rotatable bonds is 6. The standard InChI is InChI=1S/C16H23N5O2S/c1-12-18-13(10-24-12)8-23-9-15-6-20(16(22)7-19(2)3)5-14-4-17-11-21(14)15/h4,10-11,15H,5-9H2,1-3H3. The van der Waals surface area contributed by atoms with Crippen molar-refractivity contribution in [3.63, 3.8) is 0 Å². The van der Waals surface area contributed by atoms with E-state index < -0.39 is 0 Å². The van der Waals surface area contributed by atoms with E-state index in [4.69, 9.17) is 4.74 Å². The highest BCUT2D eigenvalue weighted by Gasteiger charge is 2.28. The number of hydrogen-bond acceptors (Lipinski definition) is 6. The zero-order valence-electron chi connectivity index (χ0n) is 14.3. The van der Waals surface area contributed by atoms with E-state index in [1.54, 1.807) is 11.3 Å². The Kier molecular flexibility index (Phi) is 5.27. The second-order valence-corrected chi connectivity index (χ2v) is 7.39. The zero-order chi connectivity index (χ0) is 17.1. The van der Waals surface area contributed by atoms with Gasteiger partial charge in [0.25, 0.3) is 0 Å². The Hall–Kier alpha value is -1.77. The number of thiazole rings is 1. The van der Waals surface area contributed by atoms with Crippen molar-refractivity contribution in [3.8, 4) is 0 Å². The van der Waals surface area contributed by atoms with Gasteiger partial charge in [0.2, 0.25) is 5.91 Å². The van der Waals surface area contributed by atoms with E-state index in [-0.39, 0.29) is 11.9 Å². The molecule has 3 heterocycles. The molecule has 0 bridgehead atoms. The third-order valence-electron chi connectivity index (χ3n) is 3.95. The predicted octanol–water partition coefficient (Wildman–Crippen LogP) is 1.31. The lowest BCUT2D eigenvalue weighted by molar-refractivity contribution is -0.134. The highest BCUT2D eigenvalue weighted by atomic mass is 32.1. The van der Waals surface area contributed by atoms with Gasteiger partial charge in [0.1, 0.15) is 0 Å². The van der Waals surface area contributed by atoms with Crippen LogP contribution in [0.2, 0.25) is 0 Å². The lowest BCUT2D eigenvalue weighted by Crippen LogP contribution is -2.45. The summed E-state index contributed by atoms with van der Waals surface area (Å²) < 4.78 is 7.97. The van der Waals surface area contributed by atoms with Crippen molar-refractivity contribution in [1.82, 2.24) is 24.3 Å². The maximum atomic E-state index is 12.4. The minimum Gasteiger partial charge on any atom is -0.373 e. The second-order valence-electron chi connectivity index (χ2n) is 6.33.